The molecule has 2 aromatic rings. The van der Waals surface area contributed by atoms with Crippen LogP contribution in [0.5, 0.6) is 0 Å². The second-order valence-corrected chi connectivity index (χ2v) is 7.45. The van der Waals surface area contributed by atoms with Crippen LogP contribution in [-0.2, 0) is 9.47 Å². The van der Waals surface area contributed by atoms with Gasteiger partial charge in [-0.2, -0.15) is 0 Å². The first-order valence-corrected chi connectivity index (χ1v) is 10.1. The average molecular weight is 413 g/mol. The maximum Gasteiger partial charge on any atom is 0.357 e. The molecule has 162 valence electrons. The van der Waals surface area contributed by atoms with Crippen LogP contribution in [0.25, 0.3) is 0 Å². The number of aromatic nitrogens is 1. The molecule has 0 saturated heterocycles. The van der Waals surface area contributed by atoms with Gasteiger partial charge in [-0.05, 0) is 43.5 Å². The van der Waals surface area contributed by atoms with Crippen molar-refractivity contribution >= 4 is 28.9 Å². The Balaban J connectivity index is 2.68. The van der Waals surface area contributed by atoms with Crippen LogP contribution in [0.1, 0.15) is 42.4 Å². The quantitative estimate of drug-likeness (QED) is 0.444. The van der Waals surface area contributed by atoms with Crippen LogP contribution in [0.2, 0.25) is 0 Å². The summed E-state index contributed by atoms with van der Waals surface area (Å²) in [6, 6.07) is 9.58. The minimum Gasteiger partial charge on any atom is -0.461 e. The van der Waals surface area contributed by atoms with Gasteiger partial charge in [0.05, 0.1) is 24.5 Å². The first-order valence-electron chi connectivity index (χ1n) is 10.1. The number of carbonyl (C=O) groups excluding carboxylic acids is 1. The van der Waals surface area contributed by atoms with Crippen LogP contribution >= 0.6 is 0 Å². The predicted molar refractivity (Wildman–Crippen MR) is 121 cm³/mol. The molecule has 0 bridgehead atoms. The summed E-state index contributed by atoms with van der Waals surface area (Å²) < 4.78 is 10.4. The van der Waals surface area contributed by atoms with Gasteiger partial charge in [-0.3, -0.25) is 0 Å². The van der Waals surface area contributed by atoms with Crippen molar-refractivity contribution < 1.29 is 14.3 Å². The maximum atomic E-state index is 12.5. The van der Waals surface area contributed by atoms with Crippen LogP contribution < -0.4 is 10.2 Å². The molecular weight excluding hydrogens is 380 g/mol. The summed E-state index contributed by atoms with van der Waals surface area (Å²) in [4.78, 5) is 19.0. The van der Waals surface area contributed by atoms with Gasteiger partial charge in [0.15, 0.2) is 5.69 Å². The van der Waals surface area contributed by atoms with Crippen molar-refractivity contribution in [3.8, 4) is 0 Å². The van der Waals surface area contributed by atoms with Crippen LogP contribution in [0.15, 0.2) is 30.3 Å². The van der Waals surface area contributed by atoms with Gasteiger partial charge in [0.25, 0.3) is 0 Å². The minimum atomic E-state index is -0.492. The molecule has 1 aromatic heterocycles. The Hall–Kier alpha value is -2.93. The lowest BCUT2D eigenvalue weighted by atomic mass is 9.97. The maximum absolute atomic E-state index is 12.5. The molecule has 0 saturated carbocycles. The summed E-state index contributed by atoms with van der Waals surface area (Å²) in [5.41, 5.74) is 3.97. The Kier molecular flexibility index (Phi) is 8.35. The molecule has 7 nitrogen and oxygen atoms in total. The molecule has 0 spiro atoms. The monoisotopic (exact) mass is 412 g/mol. The van der Waals surface area contributed by atoms with Crippen LogP contribution in [-0.4, -0.2) is 50.6 Å². The number of hydrogen-bond acceptors (Lipinski definition) is 7. The standard InChI is InChI=1S/C23H32N4O3/c1-7-30-23(28)18-14-19(27(5)11-12-29-6)20(21(24)15(2)3)22(26-18)25-17-10-8-9-16(4)13-17/h8-10,13-15,24H,7,11-12H2,1-6H3,(H,25,26). The van der Waals surface area contributed by atoms with E-state index in [0.717, 1.165) is 16.9 Å². The molecule has 2 N–H and O–H groups in total. The first kappa shape index (κ1) is 23.3. The predicted octanol–water partition coefficient (Wildman–Crippen LogP) is 4.42. The molecule has 2 rings (SSSR count). The summed E-state index contributed by atoms with van der Waals surface area (Å²) in [5.74, 6) is -0.0502. The molecule has 0 aliphatic carbocycles. The Morgan fingerprint density at radius 1 is 1.30 bits per heavy atom. The van der Waals surface area contributed by atoms with E-state index in [0.29, 0.717) is 30.2 Å². The summed E-state index contributed by atoms with van der Waals surface area (Å²) in [6.45, 7) is 9.09. The molecule has 0 fully saturated rings. The average Bonchev–Trinajstić information content (AvgIpc) is 2.71. The van der Waals surface area contributed by atoms with Crippen molar-refractivity contribution in [2.75, 3.05) is 44.1 Å². The smallest absolute Gasteiger partial charge is 0.357 e. The summed E-state index contributed by atoms with van der Waals surface area (Å²) in [7, 11) is 3.56. The Bertz CT molecular complexity index is 896. The molecule has 1 aromatic carbocycles. The number of hydrogen-bond donors (Lipinski definition) is 2. The fraction of sp³-hybridized carbons (Fsp3) is 0.435. The Morgan fingerprint density at radius 3 is 2.63 bits per heavy atom. The van der Waals surface area contributed by atoms with E-state index in [1.54, 1.807) is 20.1 Å². The summed E-state index contributed by atoms with van der Waals surface area (Å²) in [5, 5.41) is 12.1. The third-order valence-corrected chi connectivity index (χ3v) is 4.65. The zero-order chi connectivity index (χ0) is 22.3. The fourth-order valence-corrected chi connectivity index (χ4v) is 3.00. The first-order chi connectivity index (χ1) is 14.3. The van der Waals surface area contributed by atoms with Gasteiger partial charge in [-0.25, -0.2) is 9.78 Å². The van der Waals surface area contributed by atoms with Crippen molar-refractivity contribution in [1.82, 2.24) is 4.98 Å². The molecule has 0 radical (unpaired) electrons. The van der Waals surface area contributed by atoms with Gasteiger partial charge in [0, 0.05) is 32.1 Å². The van der Waals surface area contributed by atoms with Gasteiger partial charge < -0.3 is 25.1 Å². The number of nitrogens with one attached hydrogen (secondary N) is 2. The highest BCUT2D eigenvalue weighted by atomic mass is 16.5. The molecule has 1 heterocycles. The van der Waals surface area contributed by atoms with E-state index in [1.165, 1.54) is 0 Å². The van der Waals surface area contributed by atoms with Gasteiger partial charge in [-0.15, -0.1) is 0 Å². The second-order valence-electron chi connectivity index (χ2n) is 7.45. The summed E-state index contributed by atoms with van der Waals surface area (Å²) in [6.07, 6.45) is 0. The van der Waals surface area contributed by atoms with E-state index in [-0.39, 0.29) is 18.2 Å². The van der Waals surface area contributed by atoms with Crippen molar-refractivity contribution in [1.29, 1.82) is 5.41 Å². The molecule has 0 atom stereocenters. The Labute approximate surface area is 178 Å². The number of rotatable bonds is 10. The van der Waals surface area contributed by atoms with Crippen LogP contribution in [0.3, 0.4) is 0 Å². The number of aryl methyl sites for hydroxylation is 1. The molecule has 0 unspecified atom stereocenters. The Morgan fingerprint density at radius 2 is 2.03 bits per heavy atom. The van der Waals surface area contributed by atoms with Gasteiger partial charge in [0.2, 0.25) is 0 Å². The largest absolute Gasteiger partial charge is 0.461 e. The number of ether oxygens (including phenoxy) is 2. The highest BCUT2D eigenvalue weighted by Crippen LogP contribution is 2.32. The molecule has 30 heavy (non-hydrogen) atoms. The van der Waals surface area contributed by atoms with E-state index in [9.17, 15) is 4.79 Å². The van der Waals surface area contributed by atoms with Crippen molar-refractivity contribution in [2.24, 2.45) is 5.92 Å². The van der Waals surface area contributed by atoms with Gasteiger partial charge >= 0.3 is 5.97 Å². The zero-order valence-corrected chi connectivity index (χ0v) is 18.7. The number of methoxy groups -OCH3 is 1. The normalized spacial score (nSPS) is 10.8. The summed E-state index contributed by atoms with van der Waals surface area (Å²) >= 11 is 0. The van der Waals surface area contributed by atoms with Crippen LogP contribution in [0, 0.1) is 18.3 Å². The number of carbonyl (C=O) groups is 1. The van der Waals surface area contributed by atoms with E-state index < -0.39 is 5.97 Å². The van der Waals surface area contributed by atoms with E-state index in [2.05, 4.69) is 10.3 Å². The third-order valence-electron chi connectivity index (χ3n) is 4.65. The number of anilines is 3. The SMILES string of the molecule is CCOC(=O)c1cc(N(C)CCOC)c(C(=N)C(C)C)c(Nc2cccc(C)c2)n1. The third kappa shape index (κ3) is 5.79. The molecule has 0 amide bonds. The lowest BCUT2D eigenvalue weighted by Crippen LogP contribution is -2.27. The van der Waals surface area contributed by atoms with E-state index in [4.69, 9.17) is 14.9 Å². The minimum absolute atomic E-state index is 0.0205. The number of nitrogens with zero attached hydrogens (tertiary/aromatic N) is 2. The van der Waals surface area contributed by atoms with E-state index in [1.807, 2.05) is 57.0 Å². The topological polar surface area (TPSA) is 87.5 Å². The zero-order valence-electron chi connectivity index (χ0n) is 18.7. The number of likely N-dealkylation sites (N-methyl/N-ethyl adjacent to an activating group) is 1. The fourth-order valence-electron chi connectivity index (χ4n) is 3.00. The van der Waals surface area contributed by atoms with Gasteiger partial charge in [-0.1, -0.05) is 26.0 Å². The highest BCUT2D eigenvalue weighted by molar-refractivity contribution is 6.09. The van der Waals surface area contributed by atoms with Gasteiger partial charge in [0.1, 0.15) is 5.82 Å². The van der Waals surface area contributed by atoms with Crippen molar-refractivity contribution in [3.63, 3.8) is 0 Å². The highest BCUT2D eigenvalue weighted by Gasteiger charge is 2.24. The lowest BCUT2D eigenvalue weighted by molar-refractivity contribution is 0.0519. The van der Waals surface area contributed by atoms with Crippen LogP contribution in [0.4, 0.5) is 17.2 Å². The molecule has 0 aliphatic rings. The van der Waals surface area contributed by atoms with Crippen molar-refractivity contribution in [3.05, 3.63) is 47.2 Å². The number of esters is 1. The lowest BCUT2D eigenvalue weighted by Gasteiger charge is -2.26. The molecule has 0 aliphatic heterocycles. The van der Waals surface area contributed by atoms with E-state index >= 15 is 0 Å². The molecular formula is C23H32N4O3. The van der Waals surface area contributed by atoms with Crippen molar-refractivity contribution in [2.45, 2.75) is 27.7 Å². The second kappa shape index (κ2) is 10.7. The number of pyridine rings is 1. The molecule has 7 heteroatoms. The number of benzene rings is 1.